The number of carbonyl (C=O) groups is 2. The summed E-state index contributed by atoms with van der Waals surface area (Å²) >= 11 is 2.50. The molecule has 0 fully saturated rings. The van der Waals surface area contributed by atoms with Crippen molar-refractivity contribution in [3.8, 4) is 0 Å². The number of thiophene rings is 2. The van der Waals surface area contributed by atoms with Gasteiger partial charge in [-0.25, -0.2) is 0 Å². The van der Waals surface area contributed by atoms with Gasteiger partial charge >= 0.3 is 130 Å². The maximum atomic E-state index is 11.2. The van der Waals surface area contributed by atoms with Crippen LogP contribution in [0, 0.1) is 0 Å². The van der Waals surface area contributed by atoms with Crippen LogP contribution in [0.1, 0.15) is 26.3 Å². The van der Waals surface area contributed by atoms with E-state index in [9.17, 15) is 9.59 Å². The molecule has 18 heavy (non-hydrogen) atoms. The summed E-state index contributed by atoms with van der Waals surface area (Å²) in [6.07, 6.45) is 0. The third-order valence-electron chi connectivity index (χ3n) is 1.93. The Hall–Kier alpha value is 0.119. The van der Waals surface area contributed by atoms with Crippen molar-refractivity contribution in [2.45, 2.75) is 6.92 Å². The van der Waals surface area contributed by atoms with Crippen LogP contribution in [0.15, 0.2) is 24.3 Å². The van der Waals surface area contributed by atoms with Crippen molar-refractivity contribution in [1.29, 1.82) is 0 Å². The van der Waals surface area contributed by atoms with Gasteiger partial charge in [0.15, 0.2) is 0 Å². The molecule has 1 N–H and O–H groups in total. The van der Waals surface area contributed by atoms with E-state index in [4.69, 9.17) is 5.11 Å². The number of Topliss-reactive ketones (excluding diaryl/α,β-unsaturated/α-hetero) is 1. The second-order valence-corrected chi connectivity index (χ2v) is 16.9. The molecule has 7 heteroatoms. The Kier molecular flexibility index (Phi) is 5.26. The van der Waals surface area contributed by atoms with Gasteiger partial charge in [-0.05, 0) is 0 Å². The minimum absolute atomic E-state index is 0.128. The van der Waals surface area contributed by atoms with Crippen LogP contribution in [0.3, 0.4) is 0 Å². The van der Waals surface area contributed by atoms with Crippen LogP contribution in [-0.4, -0.2) is 51.0 Å². The van der Waals surface area contributed by atoms with Gasteiger partial charge in [0.05, 0.1) is 0 Å². The quantitative estimate of drug-likeness (QED) is 0.485. The van der Waals surface area contributed by atoms with Crippen molar-refractivity contribution in [2.24, 2.45) is 0 Å². The molecule has 0 unspecified atom stereocenters. The summed E-state index contributed by atoms with van der Waals surface area (Å²) < 4.78 is 2.59. The Labute approximate surface area is 129 Å². The zero-order valence-electron chi connectivity index (χ0n) is 9.21. The van der Waals surface area contributed by atoms with Crippen molar-refractivity contribution < 1.29 is 14.7 Å². The summed E-state index contributed by atoms with van der Waals surface area (Å²) in [4.78, 5) is 23.2. The molecule has 94 valence electrons. The van der Waals surface area contributed by atoms with E-state index < -0.39 is 5.97 Å². The molecule has 3 nitrogen and oxygen atoms in total. The molecule has 0 radical (unpaired) electrons. The van der Waals surface area contributed by atoms with Gasteiger partial charge in [0.25, 0.3) is 0 Å². The fraction of sp³-hybridized carbons (Fsp3) is 0.0909. The van der Waals surface area contributed by atoms with Crippen LogP contribution in [0.25, 0.3) is 0 Å². The van der Waals surface area contributed by atoms with E-state index in [-0.39, 0.29) is 39.9 Å². The van der Waals surface area contributed by atoms with Crippen molar-refractivity contribution in [1.82, 2.24) is 0 Å². The van der Waals surface area contributed by atoms with E-state index in [0.717, 1.165) is 4.88 Å². The standard InChI is InChI=1S/C11H8O3S2Te2/c1-6(12)7-2-4-9(15-7)17-18-10-5-3-8(16-10)11(13)14/h2-5H,1H3,(H,13,14). The molecule has 0 aliphatic heterocycles. The molecule has 0 amide bonds. The van der Waals surface area contributed by atoms with Crippen molar-refractivity contribution in [2.75, 3.05) is 0 Å². The van der Waals surface area contributed by atoms with Crippen LogP contribution in [0.2, 0.25) is 0 Å². The van der Waals surface area contributed by atoms with Gasteiger partial charge < -0.3 is 0 Å². The number of carbonyl (C=O) groups excluding carboxylic acids is 1. The van der Waals surface area contributed by atoms with E-state index in [1.165, 1.54) is 17.2 Å². The molecule has 2 aromatic heterocycles. The number of aromatic carboxylic acids is 1. The fourth-order valence-corrected chi connectivity index (χ4v) is 17.9. The minimum atomic E-state index is -0.839. The molecule has 2 heterocycles. The molecule has 0 saturated heterocycles. The van der Waals surface area contributed by atoms with Crippen molar-refractivity contribution >= 4 is 74.4 Å². The van der Waals surface area contributed by atoms with E-state index in [2.05, 4.69) is 6.07 Å². The van der Waals surface area contributed by atoms with Crippen LogP contribution in [0.4, 0.5) is 0 Å². The third kappa shape index (κ3) is 3.80. The SMILES string of the molecule is CC(=O)c1ccc([Te][Te]c2ccc(C(=O)O)s2)s1. The zero-order chi connectivity index (χ0) is 13.1. The Bertz CT molecular complexity index is 536. The molecule has 0 bridgehead atoms. The first-order valence-electron chi connectivity index (χ1n) is 4.84. The number of carboxylic acid groups (broad SMARTS) is 1. The first-order chi connectivity index (χ1) is 8.56. The Morgan fingerprint density at radius 2 is 1.50 bits per heavy atom. The van der Waals surface area contributed by atoms with Gasteiger partial charge in [-0.1, -0.05) is 0 Å². The molecule has 0 spiro atoms. The van der Waals surface area contributed by atoms with Gasteiger partial charge in [-0.15, -0.1) is 0 Å². The van der Waals surface area contributed by atoms with E-state index in [1.54, 1.807) is 24.3 Å². The van der Waals surface area contributed by atoms with Crippen LogP contribution in [-0.2, 0) is 0 Å². The fourth-order valence-electron chi connectivity index (χ4n) is 1.12. The second kappa shape index (κ2) is 6.52. The Balaban J connectivity index is 1.97. The van der Waals surface area contributed by atoms with Crippen molar-refractivity contribution in [3.63, 3.8) is 0 Å². The average molecular weight is 508 g/mol. The van der Waals surface area contributed by atoms with Gasteiger partial charge in [0.2, 0.25) is 0 Å². The molecule has 0 aliphatic rings. The summed E-state index contributed by atoms with van der Waals surface area (Å²) in [7, 11) is 0. The predicted molar refractivity (Wildman–Crippen MR) is 76.4 cm³/mol. The second-order valence-electron chi connectivity index (χ2n) is 3.27. The van der Waals surface area contributed by atoms with Gasteiger partial charge in [-0.3, -0.25) is 0 Å². The topological polar surface area (TPSA) is 54.4 Å². The van der Waals surface area contributed by atoms with Crippen LogP contribution in [0.5, 0.6) is 0 Å². The summed E-state index contributed by atoms with van der Waals surface area (Å²) in [5.74, 6) is -0.710. The number of hydrogen-bond donors (Lipinski definition) is 1. The van der Waals surface area contributed by atoms with Crippen LogP contribution < -0.4 is 5.85 Å². The Morgan fingerprint density at radius 1 is 1.00 bits per heavy atom. The summed E-state index contributed by atoms with van der Waals surface area (Å²) in [6.45, 7) is 1.59. The van der Waals surface area contributed by atoms with E-state index >= 15 is 0 Å². The zero-order valence-corrected chi connectivity index (χ0v) is 15.5. The van der Waals surface area contributed by atoms with Gasteiger partial charge in [0.1, 0.15) is 0 Å². The number of ketones is 1. The summed E-state index contributed by atoms with van der Waals surface area (Å²) in [6, 6.07) is 7.59. The molecule has 0 aliphatic carbocycles. The molecule has 0 aromatic carbocycles. The molecular weight excluding hydrogens is 499 g/mol. The third-order valence-corrected chi connectivity index (χ3v) is 21.2. The first-order valence-corrected chi connectivity index (χ1v) is 16.1. The number of rotatable bonds is 5. The van der Waals surface area contributed by atoms with Crippen LogP contribution >= 0.6 is 22.7 Å². The van der Waals surface area contributed by atoms with Crippen molar-refractivity contribution in [3.05, 3.63) is 34.0 Å². The Morgan fingerprint density at radius 3 is 1.89 bits per heavy atom. The molecule has 2 aromatic rings. The molecule has 2 rings (SSSR count). The molecular formula is C11H8O3S2Te2. The summed E-state index contributed by atoms with van der Waals surface area (Å²) in [5.41, 5.74) is 0. The van der Waals surface area contributed by atoms with Gasteiger partial charge in [-0.2, -0.15) is 0 Å². The predicted octanol–water partition coefficient (Wildman–Crippen LogP) is 0.985. The number of carboxylic acids is 1. The molecule has 0 saturated carbocycles. The summed E-state index contributed by atoms with van der Waals surface area (Å²) in [5, 5.41) is 8.85. The maximum absolute atomic E-state index is 11.2. The average Bonchev–Trinajstić information content (AvgIpc) is 2.95. The molecule has 0 atom stereocenters. The van der Waals surface area contributed by atoms with Gasteiger partial charge in [0, 0.05) is 0 Å². The first kappa shape index (κ1) is 14.5. The normalized spacial score (nSPS) is 10.5. The van der Waals surface area contributed by atoms with E-state index in [0.29, 0.717) is 4.88 Å². The number of hydrogen-bond acceptors (Lipinski definition) is 4. The monoisotopic (exact) mass is 512 g/mol. The van der Waals surface area contributed by atoms with E-state index in [1.807, 2.05) is 12.1 Å².